The fourth-order valence-corrected chi connectivity index (χ4v) is 1.86. The molecule has 1 amide bonds. The average molecular weight is 255 g/mol. The molecule has 0 heterocycles. The summed E-state index contributed by atoms with van der Waals surface area (Å²) in [7, 11) is 0. The highest BCUT2D eigenvalue weighted by Crippen LogP contribution is 2.30. The first-order valence-corrected chi connectivity index (χ1v) is 5.64. The minimum Gasteiger partial charge on any atom is -0.322 e. The molecular weight excluding hydrogens is 243 g/mol. The number of carbonyl (C=O) groups excluding carboxylic acids is 1. The highest BCUT2D eigenvalue weighted by molar-refractivity contribution is 6.03. The Kier molecular flexibility index (Phi) is 3.41. The second-order valence-electron chi connectivity index (χ2n) is 4.15. The topological polar surface area (TPSA) is 29.1 Å². The lowest BCUT2D eigenvalue weighted by Gasteiger charge is -2.10. The lowest BCUT2D eigenvalue weighted by atomic mass is 10.1. The van der Waals surface area contributed by atoms with Crippen LogP contribution < -0.4 is 5.32 Å². The van der Waals surface area contributed by atoms with Crippen LogP contribution in [0.2, 0.25) is 0 Å². The van der Waals surface area contributed by atoms with E-state index in [2.05, 4.69) is 5.32 Å². The van der Waals surface area contributed by atoms with Crippen LogP contribution in [0.15, 0.2) is 35.9 Å². The molecule has 18 heavy (non-hydrogen) atoms. The molecule has 2 nitrogen and oxygen atoms in total. The quantitative estimate of drug-likeness (QED) is 0.856. The Labute approximate surface area is 102 Å². The summed E-state index contributed by atoms with van der Waals surface area (Å²) in [4.78, 5) is 11.7. The van der Waals surface area contributed by atoms with Gasteiger partial charge in [-0.05, 0) is 37.5 Å². The van der Waals surface area contributed by atoms with Gasteiger partial charge in [-0.2, -0.15) is 13.2 Å². The number of halogens is 3. The van der Waals surface area contributed by atoms with Crippen molar-refractivity contribution in [2.24, 2.45) is 0 Å². The zero-order valence-corrected chi connectivity index (χ0v) is 9.55. The van der Waals surface area contributed by atoms with Crippen LogP contribution in [-0.4, -0.2) is 5.91 Å². The van der Waals surface area contributed by atoms with Crippen LogP contribution >= 0.6 is 0 Å². The van der Waals surface area contributed by atoms with E-state index in [0.29, 0.717) is 12.0 Å². The highest BCUT2D eigenvalue weighted by Gasteiger charge is 2.30. The van der Waals surface area contributed by atoms with Gasteiger partial charge in [-0.1, -0.05) is 12.1 Å². The third kappa shape index (κ3) is 2.91. The van der Waals surface area contributed by atoms with Gasteiger partial charge in [-0.3, -0.25) is 4.79 Å². The third-order valence-corrected chi connectivity index (χ3v) is 2.78. The average Bonchev–Trinajstić information content (AvgIpc) is 2.81. The first kappa shape index (κ1) is 12.7. The molecule has 0 radical (unpaired) electrons. The lowest BCUT2D eigenvalue weighted by Crippen LogP contribution is -2.14. The van der Waals surface area contributed by atoms with Crippen LogP contribution in [0.25, 0.3) is 0 Å². The molecular formula is C13H12F3NO. The number of hydrogen-bond donors (Lipinski definition) is 1. The minimum atomic E-state index is -4.40. The molecule has 0 bridgehead atoms. The van der Waals surface area contributed by atoms with Crippen LogP contribution in [0.5, 0.6) is 0 Å². The molecule has 96 valence electrons. The van der Waals surface area contributed by atoms with Crippen molar-refractivity contribution in [3.63, 3.8) is 0 Å². The fraction of sp³-hybridized carbons (Fsp3) is 0.308. The van der Waals surface area contributed by atoms with Crippen molar-refractivity contribution in [1.29, 1.82) is 0 Å². The second kappa shape index (κ2) is 4.84. The van der Waals surface area contributed by atoms with Gasteiger partial charge >= 0.3 is 6.18 Å². The molecule has 0 saturated heterocycles. The molecule has 0 spiro atoms. The molecule has 0 aromatic heterocycles. The summed E-state index contributed by atoms with van der Waals surface area (Å²) < 4.78 is 37.4. The smallest absolute Gasteiger partial charge is 0.322 e. The maximum atomic E-state index is 12.5. The van der Waals surface area contributed by atoms with Gasteiger partial charge in [0.2, 0.25) is 0 Å². The number of carbonyl (C=O) groups is 1. The van der Waals surface area contributed by atoms with Gasteiger partial charge in [0.05, 0.1) is 5.56 Å². The van der Waals surface area contributed by atoms with E-state index in [0.717, 1.165) is 25.0 Å². The maximum Gasteiger partial charge on any atom is 0.416 e. The predicted octanol–water partition coefficient (Wildman–Crippen LogP) is 3.75. The van der Waals surface area contributed by atoms with Crippen molar-refractivity contribution in [3.8, 4) is 0 Å². The Bertz CT molecular complexity index is 491. The monoisotopic (exact) mass is 255 g/mol. The van der Waals surface area contributed by atoms with Crippen LogP contribution in [0.3, 0.4) is 0 Å². The number of hydrogen-bond acceptors (Lipinski definition) is 1. The van der Waals surface area contributed by atoms with Gasteiger partial charge in [0, 0.05) is 11.3 Å². The van der Waals surface area contributed by atoms with Gasteiger partial charge in [-0.25, -0.2) is 0 Å². The summed E-state index contributed by atoms with van der Waals surface area (Å²) in [5, 5.41) is 2.49. The Hall–Kier alpha value is -1.78. The molecule has 1 aliphatic rings. The molecule has 2 rings (SSSR count). The molecule has 0 aliphatic heterocycles. The fourth-order valence-electron chi connectivity index (χ4n) is 1.86. The Balaban J connectivity index is 2.12. The highest BCUT2D eigenvalue weighted by atomic mass is 19.4. The summed E-state index contributed by atoms with van der Waals surface area (Å²) in [5.74, 6) is -0.313. The Morgan fingerprint density at radius 2 is 2.06 bits per heavy atom. The molecule has 1 aliphatic carbocycles. The van der Waals surface area contributed by atoms with Crippen LogP contribution in [-0.2, 0) is 11.0 Å². The number of rotatable bonds is 2. The maximum absolute atomic E-state index is 12.5. The second-order valence-corrected chi connectivity index (χ2v) is 4.15. The molecule has 0 unspecified atom stereocenters. The minimum absolute atomic E-state index is 0.169. The van der Waals surface area contributed by atoms with Crippen molar-refractivity contribution in [1.82, 2.24) is 0 Å². The Morgan fingerprint density at radius 1 is 1.28 bits per heavy atom. The van der Waals surface area contributed by atoms with E-state index in [1.807, 2.05) is 6.08 Å². The summed E-state index contributed by atoms with van der Waals surface area (Å²) >= 11 is 0. The summed E-state index contributed by atoms with van der Waals surface area (Å²) in [6, 6.07) is 4.64. The van der Waals surface area contributed by atoms with Crippen LogP contribution in [0.4, 0.5) is 18.9 Å². The zero-order chi connectivity index (χ0) is 13.2. The van der Waals surface area contributed by atoms with E-state index in [-0.39, 0.29) is 11.6 Å². The van der Waals surface area contributed by atoms with Gasteiger partial charge in [-0.15, -0.1) is 0 Å². The van der Waals surface area contributed by atoms with E-state index in [1.54, 1.807) is 0 Å². The summed E-state index contributed by atoms with van der Waals surface area (Å²) in [6.45, 7) is 0. The van der Waals surface area contributed by atoms with Crippen molar-refractivity contribution in [2.75, 3.05) is 5.32 Å². The van der Waals surface area contributed by atoms with Crippen molar-refractivity contribution < 1.29 is 18.0 Å². The first-order chi connectivity index (χ1) is 8.47. The van der Waals surface area contributed by atoms with Crippen molar-refractivity contribution in [2.45, 2.75) is 25.4 Å². The number of nitrogens with one attached hydrogen (secondary N) is 1. The van der Waals surface area contributed by atoms with E-state index < -0.39 is 11.7 Å². The molecule has 1 aromatic carbocycles. The number of benzene rings is 1. The van der Waals surface area contributed by atoms with Gasteiger partial charge < -0.3 is 5.32 Å². The van der Waals surface area contributed by atoms with Crippen molar-refractivity contribution >= 4 is 11.6 Å². The summed E-state index contributed by atoms with van der Waals surface area (Å²) in [6.07, 6.45) is -0.113. The number of allylic oxidation sites excluding steroid dienone is 1. The Morgan fingerprint density at radius 3 is 2.67 bits per heavy atom. The lowest BCUT2D eigenvalue weighted by molar-refractivity contribution is -0.137. The standard InChI is InChI=1S/C13H12F3NO/c14-13(15,16)10-6-3-7-11(8-10)17-12(18)9-4-1-2-5-9/h3-4,6-8H,1-2,5H2,(H,17,18). The van der Waals surface area contributed by atoms with Crippen LogP contribution in [0.1, 0.15) is 24.8 Å². The number of amides is 1. The van der Waals surface area contributed by atoms with Crippen molar-refractivity contribution in [3.05, 3.63) is 41.5 Å². The molecule has 1 N–H and O–H groups in total. The van der Waals surface area contributed by atoms with Crippen LogP contribution in [0, 0.1) is 0 Å². The molecule has 0 saturated carbocycles. The van der Waals surface area contributed by atoms with E-state index in [1.165, 1.54) is 12.1 Å². The predicted molar refractivity (Wildman–Crippen MR) is 62.0 cm³/mol. The van der Waals surface area contributed by atoms with E-state index in [9.17, 15) is 18.0 Å². The SMILES string of the molecule is O=C(Nc1cccc(C(F)(F)F)c1)C1=CCCC1. The summed E-state index contributed by atoms with van der Waals surface area (Å²) in [5.41, 5.74) is 0.0516. The van der Waals surface area contributed by atoms with Gasteiger partial charge in [0.15, 0.2) is 0 Å². The van der Waals surface area contributed by atoms with E-state index >= 15 is 0 Å². The largest absolute Gasteiger partial charge is 0.416 e. The molecule has 0 atom stereocenters. The molecule has 1 aromatic rings. The number of anilines is 1. The normalized spacial score (nSPS) is 15.4. The molecule has 5 heteroatoms. The third-order valence-electron chi connectivity index (χ3n) is 2.78. The van der Waals surface area contributed by atoms with E-state index in [4.69, 9.17) is 0 Å². The van der Waals surface area contributed by atoms with Gasteiger partial charge in [0.1, 0.15) is 0 Å². The van der Waals surface area contributed by atoms with Gasteiger partial charge in [0.25, 0.3) is 5.91 Å². The zero-order valence-electron chi connectivity index (χ0n) is 9.55. The molecule has 0 fully saturated rings. The first-order valence-electron chi connectivity index (χ1n) is 5.64. The number of alkyl halides is 3.